The second-order valence-electron chi connectivity index (χ2n) is 8.02. The Morgan fingerprint density at radius 3 is 2.42 bits per heavy atom. The summed E-state index contributed by atoms with van der Waals surface area (Å²) in [6.07, 6.45) is 6.09. The summed E-state index contributed by atoms with van der Waals surface area (Å²) < 4.78 is 26.8. The molecule has 10 nitrogen and oxygen atoms in total. The number of carbonyl (C=O) groups is 2. The van der Waals surface area contributed by atoms with Crippen molar-refractivity contribution in [2.75, 3.05) is 32.7 Å². The van der Waals surface area contributed by atoms with Crippen molar-refractivity contribution < 1.29 is 22.9 Å². The Labute approximate surface area is 181 Å². The van der Waals surface area contributed by atoms with E-state index in [0.29, 0.717) is 12.3 Å². The van der Waals surface area contributed by atoms with Gasteiger partial charge in [-0.05, 0) is 24.8 Å². The number of hydrogen-bond acceptors (Lipinski definition) is 6. The molecule has 2 fully saturated rings. The van der Waals surface area contributed by atoms with Crippen LogP contribution in [-0.2, 0) is 19.6 Å². The van der Waals surface area contributed by atoms with E-state index in [1.54, 1.807) is 0 Å². The third-order valence-electron chi connectivity index (χ3n) is 5.89. The average Bonchev–Trinajstić information content (AvgIpc) is 2.78. The lowest BCUT2D eigenvalue weighted by Gasteiger charge is -2.34. The molecule has 1 aliphatic carbocycles. The average molecular weight is 453 g/mol. The minimum atomic E-state index is -3.89. The van der Waals surface area contributed by atoms with Gasteiger partial charge in [-0.2, -0.15) is 4.31 Å². The second-order valence-corrected chi connectivity index (χ2v) is 9.96. The number of hydrogen-bond donors (Lipinski definition) is 1. The number of non-ortho nitro benzene ring substituents is 1. The van der Waals surface area contributed by atoms with E-state index in [9.17, 15) is 28.1 Å². The number of amides is 2. The molecular formula is C20H28N4O6S. The molecule has 1 saturated heterocycles. The maximum atomic E-state index is 12.8. The quantitative estimate of drug-likeness (QED) is 0.493. The summed E-state index contributed by atoms with van der Waals surface area (Å²) in [5, 5.41) is 13.6. The van der Waals surface area contributed by atoms with Crippen LogP contribution in [0, 0.1) is 16.0 Å². The first kappa shape index (κ1) is 23.1. The zero-order valence-electron chi connectivity index (χ0n) is 17.4. The van der Waals surface area contributed by atoms with Gasteiger partial charge in [-0.1, -0.05) is 25.3 Å². The molecule has 0 bridgehead atoms. The van der Waals surface area contributed by atoms with Crippen molar-refractivity contribution in [3.8, 4) is 0 Å². The molecule has 0 radical (unpaired) electrons. The fourth-order valence-corrected chi connectivity index (χ4v) is 5.56. The molecule has 0 atom stereocenters. The number of nitrogens with one attached hydrogen (secondary N) is 1. The van der Waals surface area contributed by atoms with E-state index in [1.165, 1.54) is 33.8 Å². The molecule has 1 aromatic rings. The molecule has 3 rings (SSSR count). The normalized spacial score (nSPS) is 18.5. The first-order chi connectivity index (χ1) is 14.8. The minimum absolute atomic E-state index is 0.0901. The number of carbonyl (C=O) groups excluding carboxylic acids is 2. The standard InChI is InChI=1S/C20H28N4O6S/c25-19(13-16-5-2-1-3-6-16)21-15-20(26)22-9-11-23(12-10-22)31(29,30)18-8-4-7-17(14-18)24(27)28/h4,7-8,14,16H,1-3,5-6,9-13,15H2,(H,21,25). The highest BCUT2D eigenvalue weighted by Crippen LogP contribution is 2.26. The zero-order valence-corrected chi connectivity index (χ0v) is 18.2. The largest absolute Gasteiger partial charge is 0.347 e. The molecule has 1 N–H and O–H groups in total. The SMILES string of the molecule is O=C(CC1CCCCC1)NCC(=O)N1CCN(S(=O)(=O)c2cccc([N+](=O)[O-])c2)CC1. The van der Waals surface area contributed by atoms with Gasteiger partial charge in [0.25, 0.3) is 5.69 Å². The maximum absolute atomic E-state index is 12.8. The van der Waals surface area contributed by atoms with Crippen LogP contribution >= 0.6 is 0 Å². The van der Waals surface area contributed by atoms with Crippen molar-refractivity contribution in [2.24, 2.45) is 5.92 Å². The maximum Gasteiger partial charge on any atom is 0.270 e. The monoisotopic (exact) mass is 452 g/mol. The highest BCUT2D eigenvalue weighted by atomic mass is 32.2. The first-order valence-electron chi connectivity index (χ1n) is 10.6. The Kier molecular flexibility index (Phi) is 7.60. The van der Waals surface area contributed by atoms with Gasteiger partial charge in [-0.3, -0.25) is 19.7 Å². The molecule has 1 heterocycles. The summed E-state index contributed by atoms with van der Waals surface area (Å²) in [4.78, 5) is 36.2. The molecular weight excluding hydrogens is 424 g/mol. The highest BCUT2D eigenvalue weighted by molar-refractivity contribution is 7.89. The van der Waals surface area contributed by atoms with Crippen LogP contribution in [0.5, 0.6) is 0 Å². The van der Waals surface area contributed by atoms with E-state index < -0.39 is 14.9 Å². The Hall–Kier alpha value is -2.53. The van der Waals surface area contributed by atoms with Gasteiger partial charge in [-0.15, -0.1) is 0 Å². The van der Waals surface area contributed by atoms with Gasteiger partial charge >= 0.3 is 0 Å². The van der Waals surface area contributed by atoms with E-state index in [-0.39, 0.29) is 55.1 Å². The van der Waals surface area contributed by atoms with Crippen molar-refractivity contribution >= 4 is 27.5 Å². The van der Waals surface area contributed by atoms with Crippen molar-refractivity contribution in [3.63, 3.8) is 0 Å². The summed E-state index contributed by atoms with van der Waals surface area (Å²) in [6.45, 7) is 0.486. The van der Waals surface area contributed by atoms with Gasteiger partial charge < -0.3 is 10.2 Å². The predicted molar refractivity (Wildman–Crippen MR) is 113 cm³/mol. The third kappa shape index (κ3) is 6.01. The van der Waals surface area contributed by atoms with Crippen LogP contribution in [-0.4, -0.2) is 67.1 Å². The smallest absolute Gasteiger partial charge is 0.270 e. The Morgan fingerprint density at radius 2 is 1.77 bits per heavy atom. The van der Waals surface area contributed by atoms with E-state index in [0.717, 1.165) is 31.7 Å². The summed E-state index contributed by atoms with van der Waals surface area (Å²) >= 11 is 0. The van der Waals surface area contributed by atoms with Gasteiger partial charge in [0.15, 0.2) is 0 Å². The number of nitro groups is 1. The molecule has 1 aliphatic heterocycles. The second kappa shape index (κ2) is 10.2. The van der Waals surface area contributed by atoms with Crippen LogP contribution in [0.3, 0.4) is 0 Å². The third-order valence-corrected chi connectivity index (χ3v) is 7.79. The lowest BCUT2D eigenvalue weighted by Crippen LogP contribution is -2.52. The zero-order chi connectivity index (χ0) is 22.4. The Bertz CT molecular complexity index is 921. The highest BCUT2D eigenvalue weighted by Gasteiger charge is 2.31. The van der Waals surface area contributed by atoms with Crippen LogP contribution < -0.4 is 5.32 Å². The minimum Gasteiger partial charge on any atom is -0.347 e. The molecule has 170 valence electrons. The fraction of sp³-hybridized carbons (Fsp3) is 0.600. The Balaban J connectivity index is 1.48. The molecule has 2 amide bonds. The van der Waals surface area contributed by atoms with E-state index >= 15 is 0 Å². The van der Waals surface area contributed by atoms with Gasteiger partial charge in [0.1, 0.15) is 0 Å². The summed E-state index contributed by atoms with van der Waals surface area (Å²) in [7, 11) is -3.89. The van der Waals surface area contributed by atoms with Crippen LogP contribution in [0.4, 0.5) is 5.69 Å². The van der Waals surface area contributed by atoms with Crippen molar-refractivity contribution in [1.29, 1.82) is 0 Å². The Morgan fingerprint density at radius 1 is 1.10 bits per heavy atom. The van der Waals surface area contributed by atoms with Crippen molar-refractivity contribution in [2.45, 2.75) is 43.4 Å². The number of nitro benzene ring substituents is 1. The van der Waals surface area contributed by atoms with E-state index in [4.69, 9.17) is 0 Å². The molecule has 0 aromatic heterocycles. The molecule has 1 aromatic carbocycles. The number of benzene rings is 1. The summed E-state index contributed by atoms with van der Waals surface area (Å²) in [6, 6.07) is 4.93. The first-order valence-corrected chi connectivity index (χ1v) is 12.0. The number of nitrogens with zero attached hydrogens (tertiary/aromatic N) is 3. The van der Waals surface area contributed by atoms with E-state index in [2.05, 4.69) is 5.32 Å². The molecule has 0 unspecified atom stereocenters. The van der Waals surface area contributed by atoms with Gasteiger partial charge in [0, 0.05) is 44.7 Å². The fourth-order valence-electron chi connectivity index (χ4n) is 4.10. The van der Waals surface area contributed by atoms with Gasteiger partial charge in [0.2, 0.25) is 21.8 Å². The van der Waals surface area contributed by atoms with Crippen molar-refractivity contribution in [1.82, 2.24) is 14.5 Å². The number of piperazine rings is 1. The summed E-state index contributed by atoms with van der Waals surface area (Å²) in [5.41, 5.74) is -0.293. The lowest BCUT2D eigenvalue weighted by atomic mass is 9.87. The lowest BCUT2D eigenvalue weighted by molar-refractivity contribution is -0.385. The number of sulfonamides is 1. The molecule has 0 spiro atoms. The molecule has 11 heteroatoms. The van der Waals surface area contributed by atoms with Crippen LogP contribution in [0.25, 0.3) is 0 Å². The molecule has 2 aliphatic rings. The van der Waals surface area contributed by atoms with Crippen LogP contribution in [0.1, 0.15) is 38.5 Å². The van der Waals surface area contributed by atoms with Crippen molar-refractivity contribution in [3.05, 3.63) is 34.4 Å². The molecule has 1 saturated carbocycles. The van der Waals surface area contributed by atoms with Crippen LogP contribution in [0.2, 0.25) is 0 Å². The van der Waals surface area contributed by atoms with E-state index in [1.807, 2.05) is 0 Å². The van der Waals surface area contributed by atoms with Gasteiger partial charge in [-0.25, -0.2) is 8.42 Å². The topological polar surface area (TPSA) is 130 Å². The van der Waals surface area contributed by atoms with Crippen LogP contribution in [0.15, 0.2) is 29.2 Å². The van der Waals surface area contributed by atoms with Gasteiger partial charge in [0.05, 0.1) is 16.4 Å². The number of rotatable bonds is 7. The summed E-state index contributed by atoms with van der Waals surface area (Å²) in [5.74, 6) is 0.0305. The molecule has 31 heavy (non-hydrogen) atoms. The predicted octanol–water partition coefficient (Wildman–Crippen LogP) is 1.51.